The number of fused-ring (bicyclic) bond motifs is 3. The van der Waals surface area contributed by atoms with Crippen LogP contribution in [0.3, 0.4) is 0 Å². The van der Waals surface area contributed by atoms with E-state index in [1.807, 2.05) is 13.8 Å². The van der Waals surface area contributed by atoms with Crippen molar-refractivity contribution in [3.63, 3.8) is 0 Å². The highest BCUT2D eigenvalue weighted by Crippen LogP contribution is 2.40. The molecule has 35 heavy (non-hydrogen) atoms. The Hall–Kier alpha value is -2.93. The van der Waals surface area contributed by atoms with Gasteiger partial charge in [0.1, 0.15) is 18.2 Å². The average Bonchev–Trinajstić information content (AvgIpc) is 3.14. The summed E-state index contributed by atoms with van der Waals surface area (Å²) in [5.41, 5.74) is 0.619. The minimum Gasteiger partial charge on any atom is -0.485 e. The Balaban J connectivity index is 1.61. The molecule has 12 nitrogen and oxygen atoms in total. The van der Waals surface area contributed by atoms with E-state index < -0.39 is 9.84 Å². The lowest BCUT2D eigenvalue weighted by molar-refractivity contribution is 0.118. The molecule has 0 N–H and O–H groups in total. The first-order valence-electron chi connectivity index (χ1n) is 11.7. The molecule has 1 saturated heterocycles. The number of methoxy groups -OCH3 is 1. The Morgan fingerprint density at radius 2 is 2.09 bits per heavy atom. The number of sulfone groups is 1. The van der Waals surface area contributed by atoms with Crippen LogP contribution in [0.25, 0.3) is 11.4 Å². The van der Waals surface area contributed by atoms with E-state index in [0.717, 1.165) is 6.42 Å². The van der Waals surface area contributed by atoms with E-state index >= 15 is 0 Å². The zero-order valence-electron chi connectivity index (χ0n) is 20.5. The van der Waals surface area contributed by atoms with Crippen LogP contribution in [-0.4, -0.2) is 103 Å². The molecule has 2 atom stereocenters. The predicted octanol–water partition coefficient (Wildman–Crippen LogP) is 1.38. The molecule has 2 aromatic heterocycles. The maximum atomic E-state index is 13.1. The zero-order valence-corrected chi connectivity index (χ0v) is 21.3. The number of pyridine rings is 1. The molecule has 0 spiro atoms. The van der Waals surface area contributed by atoms with E-state index in [2.05, 4.69) is 15.2 Å². The summed E-state index contributed by atoms with van der Waals surface area (Å²) in [5, 5.41) is 8.56. The van der Waals surface area contributed by atoms with Gasteiger partial charge in [0.15, 0.2) is 21.4 Å². The smallest absolute Gasteiger partial charge is 0.320 e. The number of carbonyl (C=O) groups is 1. The largest absolute Gasteiger partial charge is 0.485 e. The lowest BCUT2D eigenvalue weighted by Gasteiger charge is -2.38. The van der Waals surface area contributed by atoms with Gasteiger partial charge in [-0.15, -0.1) is 10.2 Å². The Kier molecular flexibility index (Phi) is 7.45. The topological polar surface area (TPSA) is 129 Å². The summed E-state index contributed by atoms with van der Waals surface area (Å²) in [6.45, 7) is 5.48. The number of urea groups is 1. The fourth-order valence-corrected chi connectivity index (χ4v) is 5.61. The summed E-state index contributed by atoms with van der Waals surface area (Å²) < 4.78 is 45.1. The van der Waals surface area contributed by atoms with Crippen LogP contribution in [0.1, 0.15) is 32.1 Å². The fraction of sp³-hybridized carbons (Fsp3) is 0.636. The van der Waals surface area contributed by atoms with E-state index in [1.165, 1.54) is 0 Å². The quantitative estimate of drug-likeness (QED) is 0.493. The summed E-state index contributed by atoms with van der Waals surface area (Å²) in [5.74, 6) is 1.07. The molecule has 0 aliphatic carbocycles. The first kappa shape index (κ1) is 25.2. The standard InChI is InChI=1S/C22H32N6O6S/c1-5-33-21-19-17(6-8-23-21)20-25-24-18(28(20)16(12-32-4)13-34-19)14-35(30,31)11-10-27-15(2)7-9-26(3)22(27)29/h6,8,15-16H,5,7,9-14H2,1-4H3/t15-,16+/m1/s1. The molecular weight excluding hydrogens is 476 g/mol. The van der Waals surface area contributed by atoms with Crippen LogP contribution in [0.4, 0.5) is 4.79 Å². The second-order valence-electron chi connectivity index (χ2n) is 8.78. The van der Waals surface area contributed by atoms with Gasteiger partial charge in [0, 0.05) is 39.5 Å². The van der Waals surface area contributed by atoms with Crippen LogP contribution in [0.2, 0.25) is 0 Å². The highest BCUT2D eigenvalue weighted by molar-refractivity contribution is 7.90. The van der Waals surface area contributed by atoms with Crippen LogP contribution in [0.5, 0.6) is 11.6 Å². The summed E-state index contributed by atoms with van der Waals surface area (Å²) in [7, 11) is -0.306. The first-order valence-corrected chi connectivity index (χ1v) is 13.5. The summed E-state index contributed by atoms with van der Waals surface area (Å²) in [6, 6.07) is 1.23. The fourth-order valence-electron chi connectivity index (χ4n) is 4.40. The van der Waals surface area contributed by atoms with Crippen molar-refractivity contribution < 1.29 is 27.4 Å². The molecule has 4 heterocycles. The van der Waals surface area contributed by atoms with Crippen LogP contribution < -0.4 is 9.47 Å². The summed E-state index contributed by atoms with van der Waals surface area (Å²) >= 11 is 0. The molecule has 0 bridgehead atoms. The van der Waals surface area contributed by atoms with Gasteiger partial charge in [-0.25, -0.2) is 18.2 Å². The number of hydrogen-bond acceptors (Lipinski definition) is 9. The van der Waals surface area contributed by atoms with Crippen LogP contribution in [0, 0.1) is 0 Å². The highest BCUT2D eigenvalue weighted by atomic mass is 32.2. The minimum atomic E-state index is -3.60. The van der Waals surface area contributed by atoms with Crippen molar-refractivity contribution in [1.29, 1.82) is 0 Å². The maximum absolute atomic E-state index is 13.1. The Morgan fingerprint density at radius 1 is 1.29 bits per heavy atom. The van der Waals surface area contributed by atoms with Crippen molar-refractivity contribution in [3.05, 3.63) is 18.1 Å². The molecule has 0 aromatic carbocycles. The Bertz CT molecular complexity index is 1170. The Labute approximate surface area is 205 Å². The molecule has 192 valence electrons. The molecule has 1 fully saturated rings. The number of rotatable bonds is 9. The second kappa shape index (κ2) is 10.4. The molecule has 0 unspecified atom stereocenters. The number of aromatic nitrogens is 4. The second-order valence-corrected chi connectivity index (χ2v) is 11.0. The van der Waals surface area contributed by atoms with Crippen molar-refractivity contribution in [2.75, 3.05) is 52.8 Å². The van der Waals surface area contributed by atoms with Gasteiger partial charge in [0.05, 0.1) is 30.6 Å². The SMILES string of the molecule is CCOc1nccc2c1OC[C@H](COC)n1c(CS(=O)(=O)CCN3C(=O)N(C)CC[C@H]3C)nnc1-2. The van der Waals surface area contributed by atoms with E-state index in [1.54, 1.807) is 40.8 Å². The van der Waals surface area contributed by atoms with Gasteiger partial charge in [0.25, 0.3) is 5.88 Å². The predicted molar refractivity (Wildman–Crippen MR) is 127 cm³/mol. The van der Waals surface area contributed by atoms with Crippen LogP contribution in [-0.2, 0) is 20.3 Å². The highest BCUT2D eigenvalue weighted by Gasteiger charge is 2.33. The number of carbonyl (C=O) groups excluding carboxylic acids is 1. The molecule has 2 aromatic rings. The third-order valence-electron chi connectivity index (χ3n) is 6.28. The number of ether oxygens (including phenoxy) is 3. The normalized spacial score (nSPS) is 20.2. The lowest BCUT2D eigenvalue weighted by atomic mass is 10.1. The molecule has 2 amide bonds. The van der Waals surface area contributed by atoms with Gasteiger partial charge in [-0.2, -0.15) is 0 Å². The molecule has 2 aliphatic heterocycles. The van der Waals surface area contributed by atoms with E-state index in [0.29, 0.717) is 42.0 Å². The molecule has 0 saturated carbocycles. The maximum Gasteiger partial charge on any atom is 0.320 e. The van der Waals surface area contributed by atoms with Gasteiger partial charge < -0.3 is 28.6 Å². The van der Waals surface area contributed by atoms with Gasteiger partial charge >= 0.3 is 6.03 Å². The zero-order chi connectivity index (χ0) is 25.2. The van der Waals surface area contributed by atoms with Gasteiger partial charge in [-0.05, 0) is 26.3 Å². The van der Waals surface area contributed by atoms with Crippen molar-refractivity contribution in [2.45, 2.75) is 38.1 Å². The van der Waals surface area contributed by atoms with E-state index in [9.17, 15) is 13.2 Å². The van der Waals surface area contributed by atoms with E-state index in [-0.39, 0.29) is 49.4 Å². The van der Waals surface area contributed by atoms with Crippen LogP contribution >= 0.6 is 0 Å². The van der Waals surface area contributed by atoms with Crippen molar-refractivity contribution >= 4 is 15.9 Å². The van der Waals surface area contributed by atoms with Crippen molar-refractivity contribution in [3.8, 4) is 23.0 Å². The molecular formula is C22H32N6O6S. The molecule has 0 radical (unpaired) electrons. The van der Waals surface area contributed by atoms with E-state index in [4.69, 9.17) is 14.2 Å². The monoisotopic (exact) mass is 508 g/mol. The third kappa shape index (κ3) is 5.20. The molecule has 4 rings (SSSR count). The van der Waals surface area contributed by atoms with Gasteiger partial charge in [-0.1, -0.05) is 0 Å². The molecule has 2 aliphatic rings. The number of hydrogen-bond donors (Lipinski definition) is 0. The third-order valence-corrected chi connectivity index (χ3v) is 7.79. The van der Waals surface area contributed by atoms with Crippen molar-refractivity contribution in [2.24, 2.45) is 0 Å². The van der Waals surface area contributed by atoms with Gasteiger partial charge in [-0.3, -0.25) is 0 Å². The number of amides is 2. The average molecular weight is 509 g/mol. The summed E-state index contributed by atoms with van der Waals surface area (Å²) in [6.07, 6.45) is 2.39. The molecule has 13 heteroatoms. The van der Waals surface area contributed by atoms with Gasteiger partial charge in [0.2, 0.25) is 0 Å². The summed E-state index contributed by atoms with van der Waals surface area (Å²) in [4.78, 5) is 20.0. The first-order chi connectivity index (χ1) is 16.8. The lowest BCUT2D eigenvalue weighted by Crippen LogP contribution is -2.53. The minimum absolute atomic E-state index is 0.00820. The Morgan fingerprint density at radius 3 is 2.83 bits per heavy atom. The number of nitrogens with zero attached hydrogens (tertiary/aromatic N) is 6. The van der Waals surface area contributed by atoms with Crippen molar-refractivity contribution in [1.82, 2.24) is 29.5 Å². The van der Waals surface area contributed by atoms with Crippen LogP contribution in [0.15, 0.2) is 12.3 Å².